The van der Waals surface area contributed by atoms with Gasteiger partial charge in [0.15, 0.2) is 0 Å². The van der Waals surface area contributed by atoms with Crippen LogP contribution in [-0.4, -0.2) is 107 Å². The van der Waals surface area contributed by atoms with E-state index < -0.39 is 30.2 Å². The molecule has 64 heavy (non-hydrogen) atoms. The number of benzene rings is 2. The lowest BCUT2D eigenvalue weighted by Crippen LogP contribution is -2.50. The van der Waals surface area contributed by atoms with Crippen LogP contribution in [0.15, 0.2) is 66.3 Å². The van der Waals surface area contributed by atoms with Crippen LogP contribution < -0.4 is 10.6 Å². The fourth-order valence-electron chi connectivity index (χ4n) is 8.94. The number of hydrogen-bond acceptors (Lipinski definition) is 9. The van der Waals surface area contributed by atoms with Gasteiger partial charge < -0.3 is 50.3 Å². The molecule has 2 saturated heterocycles. The van der Waals surface area contributed by atoms with E-state index in [1.807, 2.05) is 76.2 Å². The van der Waals surface area contributed by atoms with Crippen LogP contribution in [0, 0.1) is 11.8 Å². The van der Waals surface area contributed by atoms with Crippen molar-refractivity contribution in [2.24, 2.45) is 11.8 Å². The number of thiophene rings is 1. The summed E-state index contributed by atoms with van der Waals surface area (Å²) < 4.78 is 6.12. The van der Waals surface area contributed by atoms with Crippen LogP contribution in [0.4, 0.5) is 9.59 Å². The van der Waals surface area contributed by atoms with Crippen molar-refractivity contribution in [3.8, 4) is 44.8 Å². The van der Waals surface area contributed by atoms with Gasteiger partial charge in [-0.25, -0.2) is 24.4 Å². The summed E-state index contributed by atoms with van der Waals surface area (Å²) in [5, 5.41) is 25.5. The van der Waals surface area contributed by atoms with Gasteiger partial charge in [0.1, 0.15) is 29.4 Å². The van der Waals surface area contributed by atoms with E-state index in [1.54, 1.807) is 22.2 Å². The molecule has 0 spiro atoms. The van der Waals surface area contributed by atoms with Crippen LogP contribution in [0.2, 0.25) is 0 Å². The monoisotopic (exact) mass is 889 g/mol. The van der Waals surface area contributed by atoms with Crippen LogP contribution in [0.3, 0.4) is 0 Å². The molecule has 4 aromatic heterocycles. The zero-order chi connectivity index (χ0) is 45.4. The highest BCUT2D eigenvalue weighted by Crippen LogP contribution is 2.43. The Labute approximate surface area is 372 Å². The Bertz CT molecular complexity index is 2700. The summed E-state index contributed by atoms with van der Waals surface area (Å²) in [7, 11) is 1.35. The highest BCUT2D eigenvalue weighted by Gasteiger charge is 2.39. The molecule has 8 rings (SSSR count). The van der Waals surface area contributed by atoms with Crippen LogP contribution in [0.1, 0.15) is 87.6 Å². The summed E-state index contributed by atoms with van der Waals surface area (Å²) in [4.78, 5) is 85.9. The van der Waals surface area contributed by atoms with Crippen molar-refractivity contribution in [3.05, 3.63) is 83.6 Å². The largest absolute Gasteiger partial charge is 0.465 e. The zero-order valence-electron chi connectivity index (χ0n) is 36.1. The lowest BCUT2D eigenvalue weighted by Gasteiger charge is -2.29. The van der Waals surface area contributed by atoms with Gasteiger partial charge in [0, 0.05) is 29.6 Å². The molecule has 334 valence electrons. The molecule has 2 unspecified atom stereocenters. The molecule has 2 aromatic carbocycles. The number of methoxy groups -OCH3 is 1. The second-order valence-electron chi connectivity index (χ2n) is 17.0. The minimum atomic E-state index is -1.24. The van der Waals surface area contributed by atoms with Gasteiger partial charge in [-0.15, -0.1) is 11.3 Å². The van der Waals surface area contributed by atoms with Gasteiger partial charge in [-0.3, -0.25) is 9.59 Å². The molecular formula is C46H51N9O8S. The lowest BCUT2D eigenvalue weighted by atomic mass is 10.0. The van der Waals surface area contributed by atoms with Crippen molar-refractivity contribution < 1.29 is 38.9 Å². The SMILES string of the molecule is COC(=O)c1[nH]c2c(-c3ccc(-c4cnc(C5CCCN5C(=O)[C@@H](NC(=O)O)C(C)C)[nH]4)cc3)csc2c1-c1ccc(-c2cnc(C3CCCN3C(=O)[C@@H](NC(=O)O)C(C)C)[nH]2)cc1. The number of fused-ring (bicyclic) bond motifs is 1. The van der Waals surface area contributed by atoms with Gasteiger partial charge in [0.2, 0.25) is 11.8 Å². The Balaban J connectivity index is 1.01. The number of carboxylic acid groups (broad SMARTS) is 2. The van der Waals surface area contributed by atoms with Crippen LogP contribution in [0.25, 0.3) is 55.0 Å². The van der Waals surface area contributed by atoms with Crippen LogP contribution >= 0.6 is 11.3 Å². The molecule has 6 heterocycles. The third-order valence-corrected chi connectivity index (χ3v) is 13.2. The number of aromatic nitrogens is 5. The van der Waals surface area contributed by atoms with E-state index in [0.29, 0.717) is 43.3 Å². The van der Waals surface area contributed by atoms with Crippen molar-refractivity contribution in [2.75, 3.05) is 20.2 Å². The maximum atomic E-state index is 13.5. The topological polar surface area (TPSA) is 239 Å². The highest BCUT2D eigenvalue weighted by molar-refractivity contribution is 7.18. The molecule has 0 aliphatic carbocycles. The van der Waals surface area contributed by atoms with E-state index in [0.717, 1.165) is 67.8 Å². The molecule has 0 radical (unpaired) electrons. The van der Waals surface area contributed by atoms with E-state index in [1.165, 1.54) is 18.4 Å². The van der Waals surface area contributed by atoms with Gasteiger partial charge in [0.25, 0.3) is 0 Å². The number of imidazole rings is 2. The van der Waals surface area contributed by atoms with Crippen molar-refractivity contribution >= 4 is 51.5 Å². The summed E-state index contributed by atoms with van der Waals surface area (Å²) in [6, 6.07) is 13.5. The molecule has 2 aliphatic heterocycles. The number of hydrogen-bond donors (Lipinski definition) is 7. The molecule has 4 atom stereocenters. The first-order chi connectivity index (χ1) is 30.7. The number of esters is 1. The van der Waals surface area contributed by atoms with Crippen LogP contribution in [0.5, 0.6) is 0 Å². The fourth-order valence-corrected chi connectivity index (χ4v) is 10.0. The Kier molecular flexibility index (Phi) is 12.3. The third-order valence-electron chi connectivity index (χ3n) is 12.2. The Morgan fingerprint density at radius 1 is 0.703 bits per heavy atom. The Morgan fingerprint density at radius 3 is 1.59 bits per heavy atom. The van der Waals surface area contributed by atoms with E-state index in [2.05, 4.69) is 40.9 Å². The Hall–Kier alpha value is -6.95. The molecule has 17 nitrogen and oxygen atoms in total. The maximum Gasteiger partial charge on any atom is 0.405 e. The number of nitrogens with zero attached hydrogens (tertiary/aromatic N) is 4. The summed E-state index contributed by atoms with van der Waals surface area (Å²) >= 11 is 1.52. The highest BCUT2D eigenvalue weighted by atomic mass is 32.1. The molecule has 2 fully saturated rings. The second kappa shape index (κ2) is 18.0. The van der Waals surface area contributed by atoms with E-state index >= 15 is 0 Å². The van der Waals surface area contributed by atoms with Crippen LogP contribution in [-0.2, 0) is 14.3 Å². The summed E-state index contributed by atoms with van der Waals surface area (Å²) in [5.74, 6) is -0.172. The first-order valence-electron chi connectivity index (χ1n) is 21.4. The number of rotatable bonds is 13. The average Bonchev–Trinajstić information content (AvgIpc) is 4.13. The second-order valence-corrected chi connectivity index (χ2v) is 17.8. The predicted octanol–water partition coefficient (Wildman–Crippen LogP) is 8.04. The molecular weight excluding hydrogens is 839 g/mol. The normalized spacial score (nSPS) is 17.3. The molecule has 0 saturated carbocycles. The average molecular weight is 890 g/mol. The zero-order valence-corrected chi connectivity index (χ0v) is 36.9. The number of carbonyl (C=O) groups excluding carboxylic acids is 3. The van der Waals surface area contributed by atoms with Gasteiger partial charge in [0.05, 0.1) is 53.2 Å². The number of nitrogens with one attached hydrogen (secondary N) is 5. The molecule has 0 bridgehead atoms. The van der Waals surface area contributed by atoms with Gasteiger partial charge in [-0.1, -0.05) is 76.2 Å². The summed E-state index contributed by atoms with van der Waals surface area (Å²) in [6.07, 6.45) is 3.99. The first kappa shape index (κ1) is 43.7. The summed E-state index contributed by atoms with van der Waals surface area (Å²) in [5.41, 5.74) is 7.82. The molecule has 7 N–H and O–H groups in total. The smallest absolute Gasteiger partial charge is 0.405 e. The third kappa shape index (κ3) is 8.44. The van der Waals surface area contributed by atoms with Crippen molar-refractivity contribution in [1.29, 1.82) is 0 Å². The number of H-pyrrole nitrogens is 3. The van der Waals surface area contributed by atoms with E-state index in [-0.39, 0.29) is 35.7 Å². The number of ether oxygens (including phenoxy) is 1. The van der Waals surface area contributed by atoms with Crippen molar-refractivity contribution in [1.82, 2.24) is 45.4 Å². The lowest BCUT2D eigenvalue weighted by molar-refractivity contribution is -0.136. The van der Waals surface area contributed by atoms with Crippen molar-refractivity contribution in [2.45, 2.75) is 77.5 Å². The number of carbonyl (C=O) groups is 5. The first-order valence-corrected chi connectivity index (χ1v) is 22.2. The van der Waals surface area contributed by atoms with E-state index in [9.17, 15) is 34.2 Å². The maximum absolute atomic E-state index is 13.5. The number of amides is 4. The van der Waals surface area contributed by atoms with Gasteiger partial charge in [-0.2, -0.15) is 0 Å². The number of aromatic amines is 3. The summed E-state index contributed by atoms with van der Waals surface area (Å²) in [6.45, 7) is 8.29. The molecule has 18 heteroatoms. The predicted molar refractivity (Wildman–Crippen MR) is 240 cm³/mol. The molecule has 2 aliphatic rings. The number of likely N-dealkylation sites (tertiary alicyclic amines) is 2. The molecule has 4 amide bonds. The van der Waals surface area contributed by atoms with Crippen molar-refractivity contribution in [3.63, 3.8) is 0 Å². The minimum Gasteiger partial charge on any atom is -0.465 e. The minimum absolute atomic E-state index is 0.215. The van der Waals surface area contributed by atoms with Gasteiger partial charge in [-0.05, 0) is 59.8 Å². The Morgan fingerprint density at radius 2 is 1.16 bits per heavy atom. The quantitative estimate of drug-likeness (QED) is 0.0551. The van der Waals surface area contributed by atoms with Gasteiger partial charge >= 0.3 is 18.2 Å². The molecule has 6 aromatic rings. The van der Waals surface area contributed by atoms with E-state index in [4.69, 9.17) is 4.74 Å². The standard InChI is InChI=1S/C46H51N9O8S/c1-23(2)35(52-45(59)60)42(56)54-18-6-8-32(54)40-47-20-30(49-40)26-12-10-25(11-13-26)29-22-64-39-34(38(44(58)63-5)51-37(29)39)28-16-14-27(15-17-28)31-21-48-41(50-31)33-9-7-19-55(33)43(57)36(24(3)4)53-46(61)62/h10-17,20-24,32-33,35-36,51-53H,6-9,18-19H2,1-5H3,(H,47,49)(H,48,50)(H,59,60)(H,61,62)/t32?,33?,35-,36-/m0/s1. The fraction of sp³-hybridized carbons (Fsp3) is 0.370.